The molecule has 2 rings (SSSR count). The molecule has 0 radical (unpaired) electrons. The fraction of sp³-hybridized carbons (Fsp3) is 0.214. The van der Waals surface area contributed by atoms with Gasteiger partial charge < -0.3 is 10.6 Å². The standard InChI is InChI=1S/C14H17N3O4S/c1-16(2)13-5-3-4-10-6-7-11(8-12(10)13)22(20,21)17(19)14(18)9-15/h3-8,19H,9,15H2,1-2H3. The molecule has 8 heteroatoms. The van der Waals surface area contributed by atoms with Crippen LogP contribution in [0, 0.1) is 0 Å². The van der Waals surface area contributed by atoms with Crippen molar-refractivity contribution in [3.8, 4) is 0 Å². The second-order valence-electron chi connectivity index (χ2n) is 4.90. The van der Waals surface area contributed by atoms with E-state index in [0.29, 0.717) is 5.39 Å². The van der Waals surface area contributed by atoms with Crippen LogP contribution in [0.3, 0.4) is 0 Å². The number of carbonyl (C=O) groups excluding carboxylic acids is 1. The number of hydrogen-bond donors (Lipinski definition) is 2. The van der Waals surface area contributed by atoms with E-state index in [1.165, 1.54) is 12.1 Å². The predicted molar refractivity (Wildman–Crippen MR) is 83.1 cm³/mol. The van der Waals surface area contributed by atoms with Crippen molar-refractivity contribution in [3.05, 3.63) is 36.4 Å². The summed E-state index contributed by atoms with van der Waals surface area (Å²) in [5.41, 5.74) is 5.90. The van der Waals surface area contributed by atoms with Gasteiger partial charge in [-0.3, -0.25) is 10.0 Å². The highest BCUT2D eigenvalue weighted by Crippen LogP contribution is 2.28. The van der Waals surface area contributed by atoms with Gasteiger partial charge in [-0.25, -0.2) is 0 Å². The summed E-state index contributed by atoms with van der Waals surface area (Å²) in [5.74, 6) is -1.10. The molecule has 2 aromatic carbocycles. The third kappa shape index (κ3) is 2.76. The van der Waals surface area contributed by atoms with Crippen molar-refractivity contribution < 1.29 is 18.4 Å². The fourth-order valence-corrected chi connectivity index (χ4v) is 3.15. The van der Waals surface area contributed by atoms with Crippen LogP contribution in [-0.2, 0) is 14.8 Å². The van der Waals surface area contributed by atoms with E-state index in [4.69, 9.17) is 5.73 Å². The Morgan fingerprint density at radius 3 is 2.50 bits per heavy atom. The number of sulfonamides is 1. The van der Waals surface area contributed by atoms with Crippen LogP contribution in [0.1, 0.15) is 0 Å². The molecule has 0 unspecified atom stereocenters. The van der Waals surface area contributed by atoms with Gasteiger partial charge in [0, 0.05) is 25.2 Å². The molecule has 0 heterocycles. The van der Waals surface area contributed by atoms with E-state index in [0.717, 1.165) is 11.1 Å². The smallest absolute Gasteiger partial charge is 0.289 e. The van der Waals surface area contributed by atoms with Crippen LogP contribution in [0.2, 0.25) is 0 Å². The van der Waals surface area contributed by atoms with Crippen LogP contribution in [0.15, 0.2) is 41.3 Å². The largest absolute Gasteiger partial charge is 0.377 e. The Morgan fingerprint density at radius 2 is 1.91 bits per heavy atom. The summed E-state index contributed by atoms with van der Waals surface area (Å²) < 4.78 is 24.2. The highest BCUT2D eigenvalue weighted by molar-refractivity contribution is 7.89. The second kappa shape index (κ2) is 5.91. The Bertz CT molecular complexity index is 818. The molecule has 0 atom stereocenters. The summed E-state index contributed by atoms with van der Waals surface area (Å²) in [6, 6.07) is 9.94. The number of hydrogen-bond acceptors (Lipinski definition) is 6. The van der Waals surface area contributed by atoms with Gasteiger partial charge in [0.1, 0.15) is 0 Å². The first-order valence-electron chi connectivity index (χ1n) is 6.46. The van der Waals surface area contributed by atoms with Gasteiger partial charge in [-0.15, -0.1) is 4.47 Å². The van der Waals surface area contributed by atoms with Crippen molar-refractivity contribution >= 4 is 32.4 Å². The first-order valence-corrected chi connectivity index (χ1v) is 7.90. The SMILES string of the molecule is CN(C)c1cccc2ccc(S(=O)(=O)N(O)C(=O)CN)cc12. The zero-order valence-corrected chi connectivity index (χ0v) is 13.0. The molecule has 2 aromatic rings. The van der Waals surface area contributed by atoms with Gasteiger partial charge in [-0.1, -0.05) is 18.2 Å². The van der Waals surface area contributed by atoms with E-state index in [-0.39, 0.29) is 9.36 Å². The van der Waals surface area contributed by atoms with Gasteiger partial charge in [-0.2, -0.15) is 8.42 Å². The quantitative estimate of drug-likeness (QED) is 0.636. The van der Waals surface area contributed by atoms with E-state index in [1.54, 1.807) is 6.07 Å². The molecule has 0 saturated carbocycles. The molecule has 0 bridgehead atoms. The van der Waals surface area contributed by atoms with Crippen molar-refractivity contribution in [3.63, 3.8) is 0 Å². The van der Waals surface area contributed by atoms with E-state index in [9.17, 15) is 18.4 Å². The number of rotatable bonds is 4. The molecule has 0 saturated heterocycles. The topological polar surface area (TPSA) is 104 Å². The minimum absolute atomic E-state index is 0.182. The Balaban J connectivity index is 2.63. The molecule has 0 fully saturated rings. The van der Waals surface area contributed by atoms with Crippen LogP contribution < -0.4 is 10.6 Å². The monoisotopic (exact) mass is 323 g/mol. The fourth-order valence-electron chi connectivity index (χ4n) is 2.10. The number of fused-ring (bicyclic) bond motifs is 1. The van der Waals surface area contributed by atoms with Gasteiger partial charge in [0.15, 0.2) is 0 Å². The second-order valence-corrected chi connectivity index (χ2v) is 6.67. The highest BCUT2D eigenvalue weighted by Gasteiger charge is 2.27. The van der Waals surface area contributed by atoms with E-state index in [1.807, 2.05) is 37.2 Å². The van der Waals surface area contributed by atoms with Crippen LogP contribution >= 0.6 is 0 Å². The van der Waals surface area contributed by atoms with Crippen molar-refractivity contribution in [2.24, 2.45) is 5.73 Å². The molecule has 0 spiro atoms. The van der Waals surface area contributed by atoms with Crippen LogP contribution in [0.5, 0.6) is 0 Å². The maximum atomic E-state index is 12.2. The summed E-state index contributed by atoms with van der Waals surface area (Å²) in [5, 5.41) is 11.1. The third-order valence-corrected chi connectivity index (χ3v) is 4.73. The van der Waals surface area contributed by atoms with Gasteiger partial charge in [0.25, 0.3) is 15.9 Å². The number of nitrogens with zero attached hydrogens (tertiary/aromatic N) is 2. The van der Waals surface area contributed by atoms with E-state index >= 15 is 0 Å². The number of hydroxylamine groups is 1. The summed E-state index contributed by atoms with van der Waals surface area (Å²) in [7, 11) is -0.664. The number of nitrogens with two attached hydrogens (primary N) is 1. The molecule has 1 amide bonds. The zero-order valence-electron chi connectivity index (χ0n) is 12.2. The molecule has 0 aliphatic rings. The molecule has 0 aliphatic heterocycles. The highest BCUT2D eigenvalue weighted by atomic mass is 32.2. The maximum absolute atomic E-state index is 12.2. The summed E-state index contributed by atoms with van der Waals surface area (Å²) in [4.78, 5) is 13.0. The zero-order chi connectivity index (χ0) is 16.5. The Kier molecular flexibility index (Phi) is 4.36. The van der Waals surface area contributed by atoms with Crippen LogP contribution in [0.4, 0.5) is 5.69 Å². The summed E-state index contributed by atoms with van der Waals surface area (Å²) in [6.45, 7) is -0.605. The first kappa shape index (κ1) is 16.2. The first-order chi connectivity index (χ1) is 10.3. The lowest BCUT2D eigenvalue weighted by molar-refractivity contribution is -0.144. The van der Waals surface area contributed by atoms with Crippen molar-refractivity contribution in [1.29, 1.82) is 0 Å². The van der Waals surface area contributed by atoms with Gasteiger partial charge in [0.2, 0.25) is 0 Å². The van der Waals surface area contributed by atoms with Crippen molar-refractivity contribution in [2.75, 3.05) is 25.5 Å². The number of benzene rings is 2. The van der Waals surface area contributed by atoms with E-state index < -0.39 is 22.5 Å². The molecule has 0 aliphatic carbocycles. The predicted octanol–water partition coefficient (Wildman–Crippen LogP) is 0.771. The lowest BCUT2D eigenvalue weighted by Gasteiger charge is -2.18. The molecule has 118 valence electrons. The molecular weight excluding hydrogens is 306 g/mol. The molecule has 22 heavy (non-hydrogen) atoms. The number of amides is 1. The van der Waals surface area contributed by atoms with Gasteiger partial charge in [-0.05, 0) is 23.6 Å². The van der Waals surface area contributed by atoms with Crippen LogP contribution in [0.25, 0.3) is 10.8 Å². The van der Waals surface area contributed by atoms with E-state index in [2.05, 4.69) is 0 Å². The molecule has 0 aromatic heterocycles. The summed E-state index contributed by atoms with van der Waals surface area (Å²) in [6.07, 6.45) is 0. The lowest BCUT2D eigenvalue weighted by atomic mass is 10.1. The molecular formula is C14H17N3O4S. The maximum Gasteiger partial charge on any atom is 0.289 e. The third-order valence-electron chi connectivity index (χ3n) is 3.23. The Morgan fingerprint density at radius 1 is 1.23 bits per heavy atom. The van der Waals surface area contributed by atoms with Crippen molar-refractivity contribution in [1.82, 2.24) is 4.47 Å². The van der Waals surface area contributed by atoms with Crippen LogP contribution in [-0.4, -0.2) is 44.6 Å². The van der Waals surface area contributed by atoms with Gasteiger partial charge in [0.05, 0.1) is 11.4 Å². The average Bonchev–Trinajstić information content (AvgIpc) is 2.51. The lowest BCUT2D eigenvalue weighted by Crippen LogP contribution is -2.38. The Hall–Kier alpha value is -2.16. The normalized spacial score (nSPS) is 11.5. The Labute approximate surface area is 128 Å². The molecule has 3 N–H and O–H groups in total. The number of anilines is 1. The minimum Gasteiger partial charge on any atom is -0.377 e. The summed E-state index contributed by atoms with van der Waals surface area (Å²) >= 11 is 0. The van der Waals surface area contributed by atoms with Crippen molar-refractivity contribution in [2.45, 2.75) is 4.90 Å². The molecule has 7 nitrogen and oxygen atoms in total. The number of carbonyl (C=O) groups is 1. The minimum atomic E-state index is -4.34. The van der Waals surface area contributed by atoms with Gasteiger partial charge >= 0.3 is 0 Å². The average molecular weight is 323 g/mol.